The molecule has 0 aliphatic carbocycles. The zero-order valence-corrected chi connectivity index (χ0v) is 19.8. The quantitative estimate of drug-likeness (QED) is 0.268. The monoisotopic (exact) mass is 497 g/mol. The molecule has 0 atom stereocenters. The minimum atomic E-state index is -0.498. The summed E-state index contributed by atoms with van der Waals surface area (Å²) in [5.74, 6) is -0.0155. The van der Waals surface area contributed by atoms with Crippen LogP contribution in [-0.2, 0) is 13.1 Å². The summed E-state index contributed by atoms with van der Waals surface area (Å²) in [6.07, 6.45) is 4.48. The van der Waals surface area contributed by atoms with Gasteiger partial charge in [-0.25, -0.2) is 4.39 Å². The maximum Gasteiger partial charge on any atom is 0.254 e. The number of benzene rings is 2. The molecule has 0 fully saturated rings. The van der Waals surface area contributed by atoms with Crippen LogP contribution in [0.1, 0.15) is 47.9 Å². The summed E-state index contributed by atoms with van der Waals surface area (Å²) in [6.45, 7) is 2.64. The first-order valence-electron chi connectivity index (χ1n) is 10.3. The molecule has 0 aliphatic heterocycles. The van der Waals surface area contributed by atoms with Crippen LogP contribution in [-0.4, -0.2) is 17.4 Å². The van der Waals surface area contributed by atoms with Gasteiger partial charge < -0.3 is 14.1 Å². The van der Waals surface area contributed by atoms with Gasteiger partial charge in [0.25, 0.3) is 5.91 Å². The van der Waals surface area contributed by atoms with Crippen molar-refractivity contribution in [1.82, 2.24) is 4.90 Å². The van der Waals surface area contributed by atoms with Gasteiger partial charge in [0, 0.05) is 16.1 Å². The summed E-state index contributed by atoms with van der Waals surface area (Å²) in [5.41, 5.74) is 0.460. The van der Waals surface area contributed by atoms with Crippen LogP contribution in [0.15, 0.2) is 53.1 Å². The summed E-state index contributed by atoms with van der Waals surface area (Å²) >= 11 is 18.9. The predicted octanol–water partition coefficient (Wildman–Crippen LogP) is 7.79. The Hall–Kier alpha value is -2.21. The second-order valence-electron chi connectivity index (χ2n) is 7.27. The molecule has 0 spiro atoms. The average Bonchev–Trinajstić information content (AvgIpc) is 3.27. The molecule has 4 nitrogen and oxygen atoms in total. The molecular formula is C24H23Cl3FNO3. The van der Waals surface area contributed by atoms with E-state index in [1.807, 2.05) is 0 Å². The van der Waals surface area contributed by atoms with Gasteiger partial charge in [-0.2, -0.15) is 0 Å². The van der Waals surface area contributed by atoms with Crippen LogP contribution >= 0.6 is 34.8 Å². The van der Waals surface area contributed by atoms with E-state index < -0.39 is 11.7 Å². The van der Waals surface area contributed by atoms with E-state index in [-0.39, 0.29) is 39.3 Å². The third-order valence-electron chi connectivity index (χ3n) is 4.86. The second kappa shape index (κ2) is 11.6. The number of unbranched alkanes of at least 4 members (excludes halogenated alkanes) is 2. The Labute approximate surface area is 201 Å². The highest BCUT2D eigenvalue weighted by Gasteiger charge is 2.23. The first-order chi connectivity index (χ1) is 15.4. The van der Waals surface area contributed by atoms with Crippen LogP contribution in [0.25, 0.3) is 0 Å². The Kier molecular flexibility index (Phi) is 8.85. The van der Waals surface area contributed by atoms with Crippen molar-refractivity contribution >= 4 is 40.7 Å². The van der Waals surface area contributed by atoms with Crippen molar-refractivity contribution in [2.75, 3.05) is 6.61 Å². The lowest BCUT2D eigenvalue weighted by atomic mass is 10.1. The molecular weight excluding hydrogens is 476 g/mol. The fourth-order valence-electron chi connectivity index (χ4n) is 3.19. The molecule has 0 saturated carbocycles. The molecule has 3 rings (SSSR count). The molecule has 1 amide bonds. The zero-order valence-electron chi connectivity index (χ0n) is 17.5. The first kappa shape index (κ1) is 24.4. The van der Waals surface area contributed by atoms with Crippen LogP contribution in [0.5, 0.6) is 5.75 Å². The minimum Gasteiger partial charge on any atom is -0.490 e. The number of hydrogen-bond donors (Lipinski definition) is 0. The van der Waals surface area contributed by atoms with Crippen molar-refractivity contribution in [3.8, 4) is 5.75 Å². The maximum absolute atomic E-state index is 14.4. The van der Waals surface area contributed by atoms with E-state index in [0.29, 0.717) is 18.1 Å². The van der Waals surface area contributed by atoms with E-state index in [1.54, 1.807) is 18.2 Å². The lowest BCUT2D eigenvalue weighted by Gasteiger charge is -2.23. The number of ether oxygens (including phenoxy) is 1. The molecule has 0 bridgehead atoms. The van der Waals surface area contributed by atoms with Gasteiger partial charge in [-0.05, 0) is 42.8 Å². The summed E-state index contributed by atoms with van der Waals surface area (Å²) < 4.78 is 25.5. The van der Waals surface area contributed by atoms with Crippen molar-refractivity contribution in [3.63, 3.8) is 0 Å². The molecule has 0 unspecified atom stereocenters. The van der Waals surface area contributed by atoms with E-state index in [1.165, 1.54) is 35.4 Å². The largest absolute Gasteiger partial charge is 0.490 e. The minimum absolute atomic E-state index is 0.0600. The van der Waals surface area contributed by atoms with Crippen LogP contribution in [0, 0.1) is 5.82 Å². The fourth-order valence-corrected chi connectivity index (χ4v) is 4.01. The Bertz CT molecular complexity index is 1010. The SMILES string of the molecule is CCCCCOc1c(Cl)cc(C(=O)N(Cc2ccco2)Cc2c(F)cccc2Cl)cc1Cl. The molecule has 8 heteroatoms. The van der Waals surface area contributed by atoms with Crippen LogP contribution in [0.3, 0.4) is 0 Å². The normalized spacial score (nSPS) is 10.9. The number of furan rings is 1. The van der Waals surface area contributed by atoms with Crippen molar-refractivity contribution < 1.29 is 18.3 Å². The molecule has 0 N–H and O–H groups in total. The molecule has 0 aliphatic rings. The maximum atomic E-state index is 14.4. The van der Waals surface area contributed by atoms with Gasteiger partial charge in [-0.3, -0.25) is 4.79 Å². The number of rotatable bonds is 10. The van der Waals surface area contributed by atoms with Gasteiger partial charge in [0.1, 0.15) is 11.6 Å². The number of carbonyl (C=O) groups excluding carboxylic acids is 1. The average molecular weight is 499 g/mol. The third kappa shape index (κ3) is 6.18. The van der Waals surface area contributed by atoms with Crippen molar-refractivity contribution in [3.05, 3.63) is 86.5 Å². The van der Waals surface area contributed by atoms with Crippen molar-refractivity contribution in [2.24, 2.45) is 0 Å². The molecule has 170 valence electrons. The predicted molar refractivity (Wildman–Crippen MR) is 125 cm³/mol. The molecule has 3 aromatic rings. The van der Waals surface area contributed by atoms with E-state index >= 15 is 0 Å². The topological polar surface area (TPSA) is 42.7 Å². The van der Waals surface area contributed by atoms with Crippen molar-refractivity contribution in [2.45, 2.75) is 39.3 Å². The summed E-state index contributed by atoms with van der Waals surface area (Å²) in [4.78, 5) is 14.8. The highest BCUT2D eigenvalue weighted by molar-refractivity contribution is 6.37. The van der Waals surface area contributed by atoms with Crippen molar-refractivity contribution in [1.29, 1.82) is 0 Å². The molecule has 1 aromatic heterocycles. The van der Waals surface area contributed by atoms with Gasteiger partial charge in [0.2, 0.25) is 0 Å². The van der Waals surface area contributed by atoms with E-state index in [4.69, 9.17) is 44.0 Å². The standard InChI is InChI=1S/C24H23Cl3FNO3/c1-2-3-4-10-32-23-20(26)12-16(13-21(23)27)24(30)29(14-17-7-6-11-31-17)15-18-19(25)8-5-9-22(18)28/h5-9,11-13H,2-4,10,14-15H2,1H3. The number of halogens is 4. The van der Waals surface area contributed by atoms with Gasteiger partial charge in [0.15, 0.2) is 5.75 Å². The molecule has 1 heterocycles. The number of amides is 1. The van der Waals surface area contributed by atoms with Gasteiger partial charge in [0.05, 0.1) is 36.0 Å². The van der Waals surface area contributed by atoms with Gasteiger partial charge >= 0.3 is 0 Å². The Morgan fingerprint density at radius 2 is 1.78 bits per heavy atom. The Balaban J connectivity index is 1.87. The second-order valence-corrected chi connectivity index (χ2v) is 8.49. The van der Waals surface area contributed by atoms with E-state index in [0.717, 1.165) is 19.3 Å². The van der Waals surface area contributed by atoms with Crippen LogP contribution < -0.4 is 4.74 Å². The Morgan fingerprint density at radius 1 is 1.03 bits per heavy atom. The fraction of sp³-hybridized carbons (Fsp3) is 0.292. The highest BCUT2D eigenvalue weighted by Crippen LogP contribution is 2.35. The number of carbonyl (C=O) groups is 1. The molecule has 2 aromatic carbocycles. The first-order valence-corrected chi connectivity index (χ1v) is 11.4. The zero-order chi connectivity index (χ0) is 23.1. The molecule has 32 heavy (non-hydrogen) atoms. The van der Waals surface area contributed by atoms with Gasteiger partial charge in [-0.15, -0.1) is 0 Å². The van der Waals surface area contributed by atoms with Gasteiger partial charge in [-0.1, -0.05) is 60.6 Å². The summed E-state index contributed by atoms with van der Waals surface area (Å²) in [6, 6.07) is 10.8. The Morgan fingerprint density at radius 3 is 2.41 bits per heavy atom. The third-order valence-corrected chi connectivity index (χ3v) is 5.78. The van der Waals surface area contributed by atoms with Crippen LogP contribution in [0.4, 0.5) is 4.39 Å². The molecule has 0 radical (unpaired) electrons. The number of hydrogen-bond acceptors (Lipinski definition) is 3. The highest BCUT2D eigenvalue weighted by atomic mass is 35.5. The lowest BCUT2D eigenvalue weighted by molar-refractivity contribution is 0.0716. The van der Waals surface area contributed by atoms with Crippen LogP contribution in [0.2, 0.25) is 15.1 Å². The number of nitrogens with zero attached hydrogens (tertiary/aromatic N) is 1. The summed E-state index contributed by atoms with van der Waals surface area (Å²) in [7, 11) is 0. The smallest absolute Gasteiger partial charge is 0.254 e. The lowest BCUT2D eigenvalue weighted by Crippen LogP contribution is -2.30. The van der Waals surface area contributed by atoms with E-state index in [2.05, 4.69) is 6.92 Å². The molecule has 0 saturated heterocycles. The van der Waals surface area contributed by atoms with E-state index in [9.17, 15) is 9.18 Å². The summed E-state index contributed by atoms with van der Waals surface area (Å²) in [5, 5.41) is 0.701.